The van der Waals surface area contributed by atoms with E-state index in [-0.39, 0.29) is 18.5 Å². The van der Waals surface area contributed by atoms with Crippen LogP contribution in [0.5, 0.6) is 0 Å². The Balaban J connectivity index is 3.34. The number of aliphatic hydroxyl groups excluding tert-OH is 2. The highest BCUT2D eigenvalue weighted by Crippen LogP contribution is 2.17. The quantitative estimate of drug-likeness (QED) is 0.0321. The van der Waals surface area contributed by atoms with Gasteiger partial charge in [-0.3, -0.25) is 9.59 Å². The lowest BCUT2D eigenvalue weighted by Gasteiger charge is -2.20. The molecule has 0 saturated carbocycles. The summed E-state index contributed by atoms with van der Waals surface area (Å²) >= 11 is 0. The van der Waals surface area contributed by atoms with E-state index in [0.29, 0.717) is 19.4 Å². The van der Waals surface area contributed by atoms with E-state index in [4.69, 9.17) is 4.74 Å². The first kappa shape index (κ1) is 62.6. The molecular formula is C58H113NO5. The van der Waals surface area contributed by atoms with Crippen molar-refractivity contribution in [1.29, 1.82) is 0 Å². The van der Waals surface area contributed by atoms with Crippen LogP contribution in [0, 0.1) is 0 Å². The minimum absolute atomic E-state index is 0.0163. The molecular weight excluding hydrogens is 791 g/mol. The molecule has 2 unspecified atom stereocenters. The molecule has 0 radical (unpaired) electrons. The highest BCUT2D eigenvalue weighted by molar-refractivity contribution is 5.76. The number of esters is 1. The monoisotopic (exact) mass is 904 g/mol. The van der Waals surface area contributed by atoms with E-state index in [0.717, 1.165) is 38.5 Å². The average Bonchev–Trinajstić information content (AvgIpc) is 3.29. The van der Waals surface area contributed by atoms with Gasteiger partial charge in [-0.05, 0) is 32.1 Å². The standard InChI is InChI=1S/C58H113NO5/c1-3-5-7-9-11-13-14-15-16-26-29-32-36-40-44-48-52-58(63)64-53-49-45-41-37-33-30-27-24-22-20-18-17-19-21-23-25-28-31-35-39-43-47-51-57(62)59-55(54-60)56(61)50-46-42-38-34-12-10-8-6-4-2/h46,50,55-56,60-61H,3-45,47-49,51-54H2,1-2H3,(H,59,62)/b50-46+. The zero-order chi connectivity index (χ0) is 46.5. The lowest BCUT2D eigenvalue weighted by atomic mass is 10.0. The van der Waals surface area contributed by atoms with E-state index in [9.17, 15) is 19.8 Å². The fourth-order valence-corrected chi connectivity index (χ4v) is 9.11. The highest BCUT2D eigenvalue weighted by Gasteiger charge is 2.18. The van der Waals surface area contributed by atoms with Gasteiger partial charge in [0.25, 0.3) is 0 Å². The van der Waals surface area contributed by atoms with Crippen LogP contribution >= 0.6 is 0 Å². The van der Waals surface area contributed by atoms with Gasteiger partial charge in [0.05, 0.1) is 25.4 Å². The van der Waals surface area contributed by atoms with E-state index < -0.39 is 12.1 Å². The van der Waals surface area contributed by atoms with Gasteiger partial charge in [-0.25, -0.2) is 0 Å². The zero-order valence-corrected chi connectivity index (χ0v) is 43.3. The number of rotatable bonds is 54. The summed E-state index contributed by atoms with van der Waals surface area (Å²) in [5.41, 5.74) is 0. The van der Waals surface area contributed by atoms with Crippen molar-refractivity contribution in [2.24, 2.45) is 0 Å². The summed E-state index contributed by atoms with van der Waals surface area (Å²) in [5.74, 6) is -0.0535. The van der Waals surface area contributed by atoms with E-state index in [1.54, 1.807) is 6.08 Å². The van der Waals surface area contributed by atoms with Crippen LogP contribution in [-0.2, 0) is 14.3 Å². The molecule has 0 aliphatic carbocycles. The molecule has 0 aliphatic rings. The molecule has 0 rings (SSSR count). The Hall–Kier alpha value is -1.40. The number of hydrogen-bond donors (Lipinski definition) is 3. The Kier molecular flexibility index (Phi) is 53.0. The van der Waals surface area contributed by atoms with Crippen LogP contribution in [0.4, 0.5) is 0 Å². The molecule has 0 aromatic heterocycles. The molecule has 3 N–H and O–H groups in total. The summed E-state index contributed by atoms with van der Waals surface area (Å²) in [6.07, 6.45) is 63.9. The number of nitrogens with one attached hydrogen (secondary N) is 1. The molecule has 1 amide bonds. The average molecular weight is 905 g/mol. The molecule has 6 heteroatoms. The van der Waals surface area contributed by atoms with Crippen LogP contribution in [0.15, 0.2) is 12.2 Å². The molecule has 64 heavy (non-hydrogen) atoms. The molecule has 0 bridgehead atoms. The van der Waals surface area contributed by atoms with Gasteiger partial charge in [0.1, 0.15) is 0 Å². The van der Waals surface area contributed by atoms with Gasteiger partial charge in [-0.2, -0.15) is 0 Å². The van der Waals surface area contributed by atoms with Gasteiger partial charge in [-0.15, -0.1) is 0 Å². The topological polar surface area (TPSA) is 95.9 Å². The second-order valence-corrected chi connectivity index (χ2v) is 20.0. The van der Waals surface area contributed by atoms with Gasteiger partial charge in [0.2, 0.25) is 5.91 Å². The Morgan fingerprint density at radius 2 is 0.719 bits per heavy atom. The summed E-state index contributed by atoms with van der Waals surface area (Å²) in [5, 5.41) is 22.9. The number of allylic oxidation sites excluding steroid dienone is 1. The van der Waals surface area contributed by atoms with Gasteiger partial charge in [-0.1, -0.05) is 289 Å². The second kappa shape index (κ2) is 54.2. The first-order valence-corrected chi connectivity index (χ1v) is 29.0. The van der Waals surface area contributed by atoms with E-state index in [2.05, 4.69) is 19.2 Å². The number of carbonyl (C=O) groups excluding carboxylic acids is 2. The molecule has 0 heterocycles. The summed E-state index contributed by atoms with van der Waals surface area (Å²) in [6, 6.07) is -0.625. The summed E-state index contributed by atoms with van der Waals surface area (Å²) in [6.45, 7) is 4.89. The summed E-state index contributed by atoms with van der Waals surface area (Å²) in [7, 11) is 0. The predicted molar refractivity (Wildman–Crippen MR) is 278 cm³/mol. The number of unbranched alkanes of at least 4 members (excludes halogenated alkanes) is 43. The normalized spacial score (nSPS) is 12.6. The molecule has 380 valence electrons. The molecule has 0 fully saturated rings. The first-order chi connectivity index (χ1) is 31.5. The van der Waals surface area contributed by atoms with Crippen molar-refractivity contribution in [3.8, 4) is 0 Å². The Morgan fingerprint density at radius 3 is 1.06 bits per heavy atom. The van der Waals surface area contributed by atoms with Crippen molar-refractivity contribution >= 4 is 11.9 Å². The molecule has 0 spiro atoms. The SMILES string of the molecule is CCCCCCCCC/C=C/C(O)C(CO)NC(=O)CCCCCCCCCCCCCCCCCCCCCCCCOC(=O)CCCCCCCCCCCCCCCCCC. The van der Waals surface area contributed by atoms with Crippen LogP contribution in [0.2, 0.25) is 0 Å². The molecule has 0 aliphatic heterocycles. The van der Waals surface area contributed by atoms with Gasteiger partial charge in [0, 0.05) is 12.8 Å². The first-order valence-electron chi connectivity index (χ1n) is 29.0. The van der Waals surface area contributed by atoms with Crippen LogP contribution in [0.25, 0.3) is 0 Å². The summed E-state index contributed by atoms with van der Waals surface area (Å²) < 4.78 is 5.49. The number of hydrogen-bond acceptors (Lipinski definition) is 5. The highest BCUT2D eigenvalue weighted by atomic mass is 16.5. The maximum Gasteiger partial charge on any atom is 0.305 e. The zero-order valence-electron chi connectivity index (χ0n) is 43.3. The van der Waals surface area contributed by atoms with Crippen molar-refractivity contribution < 1.29 is 24.5 Å². The molecule has 0 aromatic rings. The minimum atomic E-state index is -0.841. The van der Waals surface area contributed by atoms with Crippen molar-refractivity contribution in [2.75, 3.05) is 13.2 Å². The van der Waals surface area contributed by atoms with Crippen molar-refractivity contribution in [2.45, 2.75) is 334 Å². The third kappa shape index (κ3) is 50.0. The predicted octanol–water partition coefficient (Wildman–Crippen LogP) is 17.7. The summed E-state index contributed by atoms with van der Waals surface area (Å²) in [4.78, 5) is 24.4. The van der Waals surface area contributed by atoms with Gasteiger partial charge in [0.15, 0.2) is 0 Å². The minimum Gasteiger partial charge on any atom is -0.466 e. The third-order valence-corrected chi connectivity index (χ3v) is 13.6. The van der Waals surface area contributed by atoms with Crippen LogP contribution in [0.3, 0.4) is 0 Å². The van der Waals surface area contributed by atoms with E-state index >= 15 is 0 Å². The largest absolute Gasteiger partial charge is 0.466 e. The van der Waals surface area contributed by atoms with Crippen molar-refractivity contribution in [1.82, 2.24) is 5.32 Å². The van der Waals surface area contributed by atoms with E-state index in [1.807, 2.05) is 6.08 Å². The third-order valence-electron chi connectivity index (χ3n) is 13.6. The van der Waals surface area contributed by atoms with Crippen LogP contribution in [0.1, 0.15) is 322 Å². The number of amides is 1. The lowest BCUT2D eigenvalue weighted by molar-refractivity contribution is -0.143. The fraction of sp³-hybridized carbons (Fsp3) is 0.931. The molecule has 0 saturated heterocycles. The maximum atomic E-state index is 12.4. The van der Waals surface area contributed by atoms with Crippen molar-refractivity contribution in [3.05, 3.63) is 12.2 Å². The molecule has 2 atom stereocenters. The molecule has 6 nitrogen and oxygen atoms in total. The van der Waals surface area contributed by atoms with Crippen LogP contribution < -0.4 is 5.32 Å². The van der Waals surface area contributed by atoms with Crippen molar-refractivity contribution in [3.63, 3.8) is 0 Å². The fourth-order valence-electron chi connectivity index (χ4n) is 9.11. The lowest BCUT2D eigenvalue weighted by Crippen LogP contribution is -2.45. The van der Waals surface area contributed by atoms with Gasteiger partial charge >= 0.3 is 5.97 Å². The van der Waals surface area contributed by atoms with Gasteiger partial charge < -0.3 is 20.3 Å². The smallest absolute Gasteiger partial charge is 0.305 e. The second-order valence-electron chi connectivity index (χ2n) is 20.0. The maximum absolute atomic E-state index is 12.4. The Morgan fingerprint density at radius 1 is 0.422 bits per heavy atom. The number of carbonyl (C=O) groups is 2. The Bertz CT molecular complexity index is 955. The van der Waals surface area contributed by atoms with E-state index in [1.165, 1.54) is 257 Å². The van der Waals surface area contributed by atoms with Crippen LogP contribution in [-0.4, -0.2) is 47.4 Å². The number of aliphatic hydroxyl groups is 2. The Labute approximate surface area is 399 Å². The number of ether oxygens (including phenoxy) is 1. The molecule has 0 aromatic carbocycles.